The van der Waals surface area contributed by atoms with Crippen LogP contribution in [0.25, 0.3) is 0 Å². The van der Waals surface area contributed by atoms with Gasteiger partial charge in [0.1, 0.15) is 16.4 Å². The van der Waals surface area contributed by atoms with Crippen molar-refractivity contribution in [2.75, 3.05) is 5.32 Å². The van der Waals surface area contributed by atoms with Crippen LogP contribution in [0.3, 0.4) is 0 Å². The number of ketones is 1. The summed E-state index contributed by atoms with van der Waals surface area (Å²) in [6.07, 6.45) is 1.06. The zero-order chi connectivity index (χ0) is 16.6. The maximum absolute atomic E-state index is 12.3. The minimum absolute atomic E-state index is 0.0184. The molecule has 2 aromatic rings. The Balaban J connectivity index is 1.83. The second-order valence-electron chi connectivity index (χ2n) is 5.98. The molecule has 0 aliphatic carbocycles. The van der Waals surface area contributed by atoms with E-state index in [1.54, 1.807) is 18.2 Å². The van der Waals surface area contributed by atoms with Crippen LogP contribution in [0.1, 0.15) is 52.9 Å². The van der Waals surface area contributed by atoms with Crippen molar-refractivity contribution in [3.63, 3.8) is 0 Å². The van der Waals surface area contributed by atoms with Gasteiger partial charge in [-0.15, -0.1) is 10.2 Å². The minimum Gasteiger partial charge on any atom is -0.487 e. The van der Waals surface area contributed by atoms with E-state index in [1.165, 1.54) is 11.3 Å². The van der Waals surface area contributed by atoms with Crippen molar-refractivity contribution in [3.8, 4) is 5.75 Å². The second-order valence-corrected chi connectivity index (χ2v) is 7.04. The number of nitrogens with zero attached hydrogens (tertiary/aromatic N) is 2. The molecule has 0 spiro atoms. The van der Waals surface area contributed by atoms with E-state index in [-0.39, 0.29) is 11.7 Å². The molecular weight excluding hydrogens is 314 g/mol. The number of anilines is 1. The van der Waals surface area contributed by atoms with E-state index in [4.69, 9.17) is 4.74 Å². The van der Waals surface area contributed by atoms with Crippen molar-refractivity contribution >= 4 is 28.2 Å². The van der Waals surface area contributed by atoms with Crippen molar-refractivity contribution in [3.05, 3.63) is 34.3 Å². The predicted octanol–water partition coefficient (Wildman–Crippen LogP) is 3.10. The van der Waals surface area contributed by atoms with Crippen molar-refractivity contribution in [2.24, 2.45) is 0 Å². The zero-order valence-electron chi connectivity index (χ0n) is 13.2. The predicted molar refractivity (Wildman–Crippen MR) is 87.3 cm³/mol. The van der Waals surface area contributed by atoms with Gasteiger partial charge in [-0.05, 0) is 38.5 Å². The molecule has 0 radical (unpaired) electrons. The Labute approximate surface area is 137 Å². The first-order valence-corrected chi connectivity index (χ1v) is 8.19. The number of aromatic nitrogens is 2. The molecule has 3 rings (SSSR count). The van der Waals surface area contributed by atoms with Crippen molar-refractivity contribution in [1.82, 2.24) is 10.2 Å². The number of amides is 1. The first-order chi connectivity index (χ1) is 10.9. The van der Waals surface area contributed by atoms with Gasteiger partial charge in [0.15, 0.2) is 5.78 Å². The van der Waals surface area contributed by atoms with Crippen LogP contribution in [0.15, 0.2) is 18.2 Å². The summed E-state index contributed by atoms with van der Waals surface area (Å²) >= 11 is 1.34. The summed E-state index contributed by atoms with van der Waals surface area (Å²) in [5, 5.41) is 11.9. The van der Waals surface area contributed by atoms with Gasteiger partial charge in [-0.3, -0.25) is 14.9 Å². The van der Waals surface area contributed by atoms with Gasteiger partial charge in [-0.2, -0.15) is 0 Å². The summed E-state index contributed by atoms with van der Waals surface area (Å²) in [4.78, 5) is 24.6. The molecule has 1 aliphatic rings. The quantitative estimate of drug-likeness (QED) is 0.934. The molecule has 1 amide bonds. The Morgan fingerprint density at radius 3 is 2.87 bits per heavy atom. The normalized spacial score (nSPS) is 15.7. The standard InChI is InChI=1S/C16H17N3O3S/c1-4-13-18-19-15(23-13)17-14(21)9-5-6-12-10(7-9)11(20)8-16(2,3)22-12/h5-7H,4,8H2,1-3H3,(H,17,19,21). The van der Waals surface area contributed by atoms with E-state index < -0.39 is 5.60 Å². The molecule has 7 heteroatoms. The average Bonchev–Trinajstić information content (AvgIpc) is 2.93. The third-order valence-electron chi connectivity index (χ3n) is 3.50. The van der Waals surface area contributed by atoms with E-state index in [0.29, 0.717) is 28.4 Å². The number of carbonyl (C=O) groups is 2. The molecule has 23 heavy (non-hydrogen) atoms. The van der Waals surface area contributed by atoms with Crippen LogP contribution in [0.5, 0.6) is 5.75 Å². The second kappa shape index (κ2) is 5.73. The number of benzene rings is 1. The summed E-state index contributed by atoms with van der Waals surface area (Å²) in [6.45, 7) is 5.72. The highest BCUT2D eigenvalue weighted by Crippen LogP contribution is 2.33. The first kappa shape index (κ1) is 15.6. The fraction of sp³-hybridized carbons (Fsp3) is 0.375. The van der Waals surface area contributed by atoms with Gasteiger partial charge in [0.2, 0.25) is 5.13 Å². The summed E-state index contributed by atoms with van der Waals surface area (Å²) in [5.41, 5.74) is 0.328. The van der Waals surface area contributed by atoms with Crippen LogP contribution in [-0.2, 0) is 6.42 Å². The number of ether oxygens (including phenoxy) is 1. The minimum atomic E-state index is -0.517. The first-order valence-electron chi connectivity index (χ1n) is 7.38. The summed E-state index contributed by atoms with van der Waals surface area (Å²) in [7, 11) is 0. The maximum Gasteiger partial charge on any atom is 0.257 e. The van der Waals surface area contributed by atoms with E-state index in [9.17, 15) is 9.59 Å². The molecule has 0 unspecified atom stereocenters. The summed E-state index contributed by atoms with van der Waals surface area (Å²) in [6, 6.07) is 4.88. The smallest absolute Gasteiger partial charge is 0.257 e. The van der Waals surface area contributed by atoms with Gasteiger partial charge in [0.25, 0.3) is 5.91 Å². The van der Waals surface area contributed by atoms with Crippen LogP contribution >= 0.6 is 11.3 Å². The largest absolute Gasteiger partial charge is 0.487 e. The van der Waals surface area contributed by atoms with E-state index >= 15 is 0 Å². The molecule has 1 aromatic heterocycles. The number of nitrogens with one attached hydrogen (secondary N) is 1. The van der Waals surface area contributed by atoms with Gasteiger partial charge in [-0.25, -0.2) is 0 Å². The van der Waals surface area contributed by atoms with Gasteiger partial charge < -0.3 is 4.74 Å². The number of fused-ring (bicyclic) bond motifs is 1. The van der Waals surface area contributed by atoms with Gasteiger partial charge in [0.05, 0.1) is 12.0 Å². The SMILES string of the molecule is CCc1nnc(NC(=O)c2ccc3c(c2)C(=O)CC(C)(C)O3)s1. The zero-order valence-corrected chi connectivity index (χ0v) is 14.0. The van der Waals surface area contributed by atoms with Crippen LogP contribution in [0.2, 0.25) is 0 Å². The Hall–Kier alpha value is -2.28. The van der Waals surface area contributed by atoms with Crippen molar-refractivity contribution in [2.45, 2.75) is 39.2 Å². The molecule has 0 saturated carbocycles. The monoisotopic (exact) mass is 331 g/mol. The Bertz CT molecular complexity index is 783. The molecule has 1 N–H and O–H groups in total. The van der Waals surface area contributed by atoms with E-state index in [1.807, 2.05) is 20.8 Å². The van der Waals surface area contributed by atoms with Crippen molar-refractivity contribution < 1.29 is 14.3 Å². The number of carbonyl (C=O) groups excluding carboxylic acids is 2. The van der Waals surface area contributed by atoms with E-state index in [0.717, 1.165) is 11.4 Å². The molecular formula is C16H17N3O3S. The number of Topliss-reactive ketones (excluding diaryl/α,β-unsaturated/α-hetero) is 1. The highest BCUT2D eigenvalue weighted by Gasteiger charge is 2.32. The van der Waals surface area contributed by atoms with Gasteiger partial charge in [0, 0.05) is 5.56 Å². The Kier molecular flexibility index (Phi) is 3.89. The fourth-order valence-corrected chi connectivity index (χ4v) is 3.08. The lowest BCUT2D eigenvalue weighted by atomic mass is 9.92. The molecule has 1 aliphatic heterocycles. The number of aryl methyl sites for hydroxylation is 1. The molecule has 0 fully saturated rings. The highest BCUT2D eigenvalue weighted by atomic mass is 32.1. The van der Waals surface area contributed by atoms with Crippen LogP contribution < -0.4 is 10.1 Å². The van der Waals surface area contributed by atoms with Crippen LogP contribution in [0, 0.1) is 0 Å². The summed E-state index contributed by atoms with van der Waals surface area (Å²) < 4.78 is 5.79. The molecule has 0 saturated heterocycles. The van der Waals surface area contributed by atoms with Crippen LogP contribution in [0.4, 0.5) is 5.13 Å². The number of hydrogen-bond donors (Lipinski definition) is 1. The lowest BCUT2D eigenvalue weighted by Crippen LogP contribution is -2.36. The van der Waals surface area contributed by atoms with Gasteiger partial charge in [-0.1, -0.05) is 18.3 Å². The molecule has 0 bridgehead atoms. The lowest BCUT2D eigenvalue weighted by Gasteiger charge is -2.31. The fourth-order valence-electron chi connectivity index (χ4n) is 2.41. The molecule has 1 aromatic carbocycles. The third-order valence-corrected chi connectivity index (χ3v) is 4.49. The average molecular weight is 331 g/mol. The van der Waals surface area contributed by atoms with Crippen molar-refractivity contribution in [1.29, 1.82) is 0 Å². The topological polar surface area (TPSA) is 81.2 Å². The molecule has 120 valence electrons. The Morgan fingerprint density at radius 1 is 1.39 bits per heavy atom. The van der Waals surface area contributed by atoms with Gasteiger partial charge >= 0.3 is 0 Å². The lowest BCUT2D eigenvalue weighted by molar-refractivity contribution is 0.0620. The number of rotatable bonds is 3. The maximum atomic E-state index is 12.3. The molecule has 2 heterocycles. The highest BCUT2D eigenvalue weighted by molar-refractivity contribution is 7.15. The Morgan fingerprint density at radius 2 is 2.17 bits per heavy atom. The third kappa shape index (κ3) is 3.24. The molecule has 0 atom stereocenters. The summed E-state index contributed by atoms with van der Waals surface area (Å²) in [5.74, 6) is 0.186. The van der Waals surface area contributed by atoms with E-state index in [2.05, 4.69) is 15.5 Å². The molecule has 6 nitrogen and oxygen atoms in total. The van der Waals surface area contributed by atoms with Crippen LogP contribution in [-0.4, -0.2) is 27.5 Å². The number of hydrogen-bond acceptors (Lipinski definition) is 6.